The number of hydrogen-bond donors (Lipinski definition) is 3. The van der Waals surface area contributed by atoms with Crippen LogP contribution in [0.2, 0.25) is 0 Å². The summed E-state index contributed by atoms with van der Waals surface area (Å²) in [5.41, 5.74) is 4.96. The van der Waals surface area contributed by atoms with Crippen LogP contribution in [0.25, 0.3) is 0 Å². The molecule has 8 heteroatoms. The quantitative estimate of drug-likeness (QED) is 0.711. The molecular weight excluding hydrogens is 266 g/mol. The van der Waals surface area contributed by atoms with Crippen molar-refractivity contribution in [2.45, 2.75) is 38.5 Å². The largest absolute Gasteiger partial charge is 0.481 e. The van der Waals surface area contributed by atoms with Crippen LogP contribution in [-0.4, -0.2) is 38.4 Å². The molecule has 4 N–H and O–H groups in total. The van der Waals surface area contributed by atoms with E-state index >= 15 is 0 Å². The predicted molar refractivity (Wildman–Crippen MR) is 71.1 cm³/mol. The van der Waals surface area contributed by atoms with Crippen LogP contribution in [0.3, 0.4) is 0 Å². The van der Waals surface area contributed by atoms with Crippen molar-refractivity contribution in [3.8, 4) is 0 Å². The number of nitrogens with zero attached hydrogens (tertiary/aromatic N) is 2. The van der Waals surface area contributed by atoms with Crippen molar-refractivity contribution in [3.05, 3.63) is 22.7 Å². The molecule has 2 atom stereocenters. The predicted octanol–water partition coefficient (Wildman–Crippen LogP) is -0.0236. The summed E-state index contributed by atoms with van der Waals surface area (Å²) in [4.78, 5) is 24.4. The molecule has 2 heterocycles. The number of rotatable bonds is 3. The molecular formula is C12H19N3O5. The van der Waals surface area contributed by atoms with Gasteiger partial charge in [0.25, 0.3) is 0 Å². The van der Waals surface area contributed by atoms with Crippen molar-refractivity contribution in [1.29, 1.82) is 0 Å². The van der Waals surface area contributed by atoms with Gasteiger partial charge in [0, 0.05) is 12.6 Å². The Morgan fingerprint density at radius 3 is 2.70 bits per heavy atom. The van der Waals surface area contributed by atoms with Gasteiger partial charge in [-0.25, -0.2) is 4.79 Å². The van der Waals surface area contributed by atoms with E-state index in [2.05, 4.69) is 4.98 Å². The molecule has 0 aliphatic carbocycles. The number of nitrogen functional groups attached to an aromatic ring is 1. The number of aliphatic carboxylic acids is 1. The molecule has 1 aromatic heterocycles. The van der Waals surface area contributed by atoms with Gasteiger partial charge in [0.05, 0.1) is 12.7 Å². The third kappa shape index (κ3) is 4.63. The minimum absolute atomic E-state index is 0.0202. The van der Waals surface area contributed by atoms with Crippen LogP contribution in [-0.2, 0) is 9.53 Å². The summed E-state index contributed by atoms with van der Waals surface area (Å²) in [5.74, 6) is -0.544. The van der Waals surface area contributed by atoms with Gasteiger partial charge < -0.3 is 20.7 Å². The highest BCUT2D eigenvalue weighted by molar-refractivity contribution is 5.66. The first-order chi connectivity index (χ1) is 9.47. The third-order valence-electron chi connectivity index (χ3n) is 2.75. The lowest BCUT2D eigenvalue weighted by atomic mass is 10.2. The number of ether oxygens (including phenoxy) is 1. The van der Waals surface area contributed by atoms with Crippen LogP contribution in [0.1, 0.15) is 32.4 Å². The van der Waals surface area contributed by atoms with E-state index in [9.17, 15) is 9.59 Å². The molecule has 1 aliphatic heterocycles. The molecule has 1 saturated heterocycles. The SMILES string of the molecule is CCC(=O)O.Nc1ccn([C@H]2CC[C@@H](CO)O2)c(=O)n1. The molecule has 0 radical (unpaired) electrons. The fraction of sp³-hybridized carbons (Fsp3) is 0.583. The van der Waals surface area contributed by atoms with Crippen LogP contribution in [0.15, 0.2) is 17.1 Å². The van der Waals surface area contributed by atoms with Gasteiger partial charge in [0.2, 0.25) is 0 Å². The van der Waals surface area contributed by atoms with E-state index in [1.807, 2.05) is 0 Å². The van der Waals surface area contributed by atoms with E-state index < -0.39 is 11.7 Å². The molecule has 0 saturated carbocycles. The Kier molecular flexibility index (Phi) is 6.13. The summed E-state index contributed by atoms with van der Waals surface area (Å²) >= 11 is 0. The third-order valence-corrected chi connectivity index (χ3v) is 2.75. The molecule has 8 nitrogen and oxygen atoms in total. The van der Waals surface area contributed by atoms with E-state index in [4.69, 9.17) is 20.7 Å². The zero-order valence-corrected chi connectivity index (χ0v) is 11.2. The standard InChI is InChI=1S/C9H13N3O3.C3H6O2/c10-7-3-4-12(9(14)11-7)8-2-1-6(5-13)15-8;1-2-3(4)5/h3-4,6,8,13H,1-2,5H2,(H2,10,11,14);2H2,1H3,(H,4,5)/t6-,8+;/m0./s1. The fourth-order valence-corrected chi connectivity index (χ4v) is 1.67. The Labute approximate surface area is 115 Å². The topological polar surface area (TPSA) is 128 Å². The lowest BCUT2D eigenvalue weighted by Gasteiger charge is -2.14. The summed E-state index contributed by atoms with van der Waals surface area (Å²) < 4.78 is 6.84. The van der Waals surface area contributed by atoms with Crippen LogP contribution >= 0.6 is 0 Å². The van der Waals surface area contributed by atoms with Crippen molar-refractivity contribution < 1.29 is 19.7 Å². The van der Waals surface area contributed by atoms with Crippen molar-refractivity contribution in [2.24, 2.45) is 0 Å². The second-order valence-corrected chi connectivity index (χ2v) is 4.26. The molecule has 1 fully saturated rings. The summed E-state index contributed by atoms with van der Waals surface area (Å²) in [6.07, 6.45) is 2.73. The number of aliphatic hydroxyl groups excluding tert-OH is 1. The number of aliphatic hydroxyl groups is 1. The first kappa shape index (κ1) is 16.1. The number of carboxylic acids is 1. The second-order valence-electron chi connectivity index (χ2n) is 4.26. The number of aromatic nitrogens is 2. The average Bonchev–Trinajstić information content (AvgIpc) is 2.88. The zero-order chi connectivity index (χ0) is 15.1. The van der Waals surface area contributed by atoms with E-state index in [0.29, 0.717) is 6.42 Å². The van der Waals surface area contributed by atoms with Gasteiger partial charge in [0.1, 0.15) is 12.0 Å². The number of nitrogens with two attached hydrogens (primary N) is 1. The van der Waals surface area contributed by atoms with Gasteiger partial charge in [-0.3, -0.25) is 9.36 Å². The van der Waals surface area contributed by atoms with Crippen LogP contribution in [0.5, 0.6) is 0 Å². The van der Waals surface area contributed by atoms with Gasteiger partial charge in [-0.15, -0.1) is 0 Å². The molecule has 0 unspecified atom stereocenters. The molecule has 2 rings (SSSR count). The Morgan fingerprint density at radius 1 is 1.60 bits per heavy atom. The lowest BCUT2D eigenvalue weighted by molar-refractivity contribution is -0.136. The highest BCUT2D eigenvalue weighted by atomic mass is 16.5. The van der Waals surface area contributed by atoms with Gasteiger partial charge in [0.15, 0.2) is 0 Å². The summed E-state index contributed by atoms with van der Waals surface area (Å²) in [6, 6.07) is 1.55. The molecule has 1 aliphatic rings. The Bertz CT molecular complexity index is 502. The first-order valence-electron chi connectivity index (χ1n) is 6.30. The van der Waals surface area contributed by atoms with E-state index in [1.165, 1.54) is 4.57 Å². The minimum Gasteiger partial charge on any atom is -0.481 e. The molecule has 20 heavy (non-hydrogen) atoms. The van der Waals surface area contributed by atoms with Crippen molar-refractivity contribution in [2.75, 3.05) is 12.3 Å². The summed E-state index contributed by atoms with van der Waals surface area (Å²) in [6.45, 7) is 1.58. The van der Waals surface area contributed by atoms with Gasteiger partial charge in [-0.05, 0) is 18.9 Å². The number of carbonyl (C=O) groups is 1. The molecule has 0 aromatic carbocycles. The van der Waals surface area contributed by atoms with Crippen molar-refractivity contribution in [3.63, 3.8) is 0 Å². The number of anilines is 1. The van der Waals surface area contributed by atoms with Gasteiger partial charge in [-0.1, -0.05) is 6.92 Å². The number of carboxylic acid groups (broad SMARTS) is 1. The first-order valence-corrected chi connectivity index (χ1v) is 6.30. The van der Waals surface area contributed by atoms with E-state index in [-0.39, 0.29) is 31.2 Å². The maximum absolute atomic E-state index is 11.5. The van der Waals surface area contributed by atoms with Crippen LogP contribution < -0.4 is 11.4 Å². The van der Waals surface area contributed by atoms with E-state index in [0.717, 1.165) is 6.42 Å². The maximum atomic E-state index is 11.5. The smallest absolute Gasteiger partial charge is 0.351 e. The Hall–Kier alpha value is -1.93. The maximum Gasteiger partial charge on any atom is 0.351 e. The van der Waals surface area contributed by atoms with Crippen molar-refractivity contribution in [1.82, 2.24) is 9.55 Å². The monoisotopic (exact) mass is 285 g/mol. The zero-order valence-electron chi connectivity index (χ0n) is 11.2. The van der Waals surface area contributed by atoms with E-state index in [1.54, 1.807) is 19.2 Å². The molecule has 0 bridgehead atoms. The van der Waals surface area contributed by atoms with Crippen LogP contribution in [0, 0.1) is 0 Å². The lowest BCUT2D eigenvalue weighted by Crippen LogP contribution is -2.27. The second kappa shape index (κ2) is 7.61. The molecule has 0 spiro atoms. The van der Waals surface area contributed by atoms with Gasteiger partial charge in [-0.2, -0.15) is 4.98 Å². The molecule has 112 valence electrons. The Balaban J connectivity index is 0.000000347. The highest BCUT2D eigenvalue weighted by Crippen LogP contribution is 2.26. The summed E-state index contributed by atoms with van der Waals surface area (Å²) in [5, 5.41) is 16.6. The Morgan fingerprint density at radius 2 is 2.25 bits per heavy atom. The number of hydrogen-bond acceptors (Lipinski definition) is 6. The van der Waals surface area contributed by atoms with Crippen LogP contribution in [0.4, 0.5) is 5.82 Å². The normalized spacial score (nSPS) is 21.1. The fourth-order valence-electron chi connectivity index (χ4n) is 1.67. The summed E-state index contributed by atoms with van der Waals surface area (Å²) in [7, 11) is 0. The van der Waals surface area contributed by atoms with Gasteiger partial charge >= 0.3 is 11.7 Å². The molecule has 0 amide bonds. The average molecular weight is 285 g/mol. The minimum atomic E-state index is -0.745. The van der Waals surface area contributed by atoms with Crippen molar-refractivity contribution >= 4 is 11.8 Å². The highest BCUT2D eigenvalue weighted by Gasteiger charge is 2.26. The molecule has 1 aromatic rings.